The highest BCUT2D eigenvalue weighted by Crippen LogP contribution is 2.15. The molecule has 0 N–H and O–H groups in total. The van der Waals surface area contributed by atoms with Crippen molar-refractivity contribution in [2.45, 2.75) is 25.7 Å². The molecule has 0 radical (unpaired) electrons. The fraction of sp³-hybridized carbons (Fsp3) is 0.500. The Morgan fingerprint density at radius 3 is 1.33 bits per heavy atom. The zero-order valence-corrected chi connectivity index (χ0v) is 9.81. The van der Waals surface area contributed by atoms with Crippen molar-refractivity contribution in [3.05, 3.63) is 21.6 Å². The van der Waals surface area contributed by atoms with Gasteiger partial charge in [-0.1, -0.05) is 25.7 Å². The second-order valence-corrected chi connectivity index (χ2v) is 4.20. The summed E-state index contributed by atoms with van der Waals surface area (Å²) in [4.78, 5) is 7.77. The van der Waals surface area contributed by atoms with Gasteiger partial charge in [-0.05, 0) is 31.9 Å². The Bertz CT molecular complexity index is 194. The van der Waals surface area contributed by atoms with E-state index in [4.69, 9.17) is 0 Å². The summed E-state index contributed by atoms with van der Waals surface area (Å²) < 4.78 is 1.50. The van der Waals surface area contributed by atoms with Crippen molar-refractivity contribution < 1.29 is 0 Å². The van der Waals surface area contributed by atoms with Crippen LogP contribution >= 0.6 is 31.9 Å². The first kappa shape index (κ1) is 10.1. The summed E-state index contributed by atoms with van der Waals surface area (Å²) in [5, 5.41) is 0. The quantitative estimate of drug-likeness (QED) is 0.731. The van der Waals surface area contributed by atoms with E-state index in [1.165, 1.54) is 25.7 Å². The monoisotopic (exact) mass is 292 g/mol. The Morgan fingerprint density at radius 1 is 0.833 bits per heavy atom. The summed E-state index contributed by atoms with van der Waals surface area (Å²) in [6, 6.07) is 0. The minimum atomic E-state index is 0.751. The van der Waals surface area contributed by atoms with Crippen molar-refractivity contribution >= 4 is 31.9 Å². The average molecular weight is 294 g/mol. The highest BCUT2D eigenvalue weighted by atomic mass is 79.9. The van der Waals surface area contributed by atoms with E-state index in [2.05, 4.69) is 41.8 Å². The van der Waals surface area contributed by atoms with Crippen molar-refractivity contribution in [1.29, 1.82) is 0 Å². The van der Waals surface area contributed by atoms with Crippen LogP contribution in [-0.2, 0) is 0 Å². The van der Waals surface area contributed by atoms with E-state index >= 15 is 0 Å². The van der Waals surface area contributed by atoms with Crippen LogP contribution in [0.25, 0.3) is 0 Å². The summed E-state index contributed by atoms with van der Waals surface area (Å²) in [6.45, 7) is 0. The normalized spacial score (nSPS) is 14.2. The maximum absolute atomic E-state index is 3.89. The lowest BCUT2D eigenvalue weighted by molar-refractivity contribution is 0.504. The van der Waals surface area contributed by atoms with Gasteiger partial charge in [-0.15, -0.1) is 0 Å². The van der Waals surface area contributed by atoms with Crippen LogP contribution < -0.4 is 0 Å². The molecule has 1 fully saturated rings. The fourth-order valence-corrected chi connectivity index (χ4v) is 0.956. The first-order valence-electron chi connectivity index (χ1n) is 3.92. The van der Waals surface area contributed by atoms with Crippen molar-refractivity contribution in [1.82, 2.24) is 9.97 Å². The summed E-state index contributed by atoms with van der Waals surface area (Å²) in [7, 11) is 0. The van der Waals surface area contributed by atoms with Crippen molar-refractivity contribution in [3.63, 3.8) is 0 Å². The van der Waals surface area contributed by atoms with Crippen molar-refractivity contribution in [3.8, 4) is 0 Å². The summed E-state index contributed by atoms with van der Waals surface area (Å²) >= 11 is 6.30. The van der Waals surface area contributed by atoms with Crippen LogP contribution in [0, 0.1) is 0 Å². The second-order valence-electron chi connectivity index (χ2n) is 2.58. The molecule has 0 aliphatic heterocycles. The van der Waals surface area contributed by atoms with Crippen LogP contribution in [0.4, 0.5) is 0 Å². The van der Waals surface area contributed by atoms with Gasteiger partial charge in [0.1, 0.15) is 9.21 Å². The van der Waals surface area contributed by atoms with Gasteiger partial charge in [-0.3, -0.25) is 0 Å². The van der Waals surface area contributed by atoms with Crippen molar-refractivity contribution in [2.24, 2.45) is 0 Å². The van der Waals surface area contributed by atoms with E-state index in [-0.39, 0.29) is 0 Å². The largest absolute Gasteiger partial charge is 0.245 e. The van der Waals surface area contributed by atoms with Gasteiger partial charge in [0.15, 0.2) is 0 Å². The van der Waals surface area contributed by atoms with Crippen molar-refractivity contribution in [2.75, 3.05) is 0 Å². The average Bonchev–Trinajstić information content (AvgIpc) is 1.92. The summed E-state index contributed by atoms with van der Waals surface area (Å²) in [6.07, 6.45) is 9.26. The van der Waals surface area contributed by atoms with Crippen LogP contribution in [0.2, 0.25) is 0 Å². The van der Waals surface area contributed by atoms with E-state index in [0.29, 0.717) is 0 Å². The molecule has 0 unspecified atom stereocenters. The molecular weight excluding hydrogens is 284 g/mol. The van der Waals surface area contributed by atoms with Gasteiger partial charge >= 0.3 is 0 Å². The van der Waals surface area contributed by atoms with E-state index in [9.17, 15) is 0 Å². The smallest absolute Gasteiger partial charge is 0.124 e. The molecule has 2 rings (SSSR count). The highest BCUT2D eigenvalue weighted by Gasteiger charge is 1.95. The lowest BCUT2D eigenvalue weighted by atomic mass is 10.0. The molecule has 0 atom stereocenters. The van der Waals surface area contributed by atoms with Crippen LogP contribution in [-0.4, -0.2) is 9.97 Å². The first-order chi connectivity index (χ1) is 5.79. The van der Waals surface area contributed by atoms with Gasteiger partial charge in [0.05, 0.1) is 12.4 Å². The van der Waals surface area contributed by atoms with Gasteiger partial charge in [0.2, 0.25) is 0 Å². The topological polar surface area (TPSA) is 25.8 Å². The molecule has 0 amide bonds. The third kappa shape index (κ3) is 4.16. The highest BCUT2D eigenvalue weighted by molar-refractivity contribution is 9.10. The lowest BCUT2D eigenvalue weighted by Gasteiger charge is -2.05. The molecule has 1 saturated carbocycles. The molecule has 1 heterocycles. The molecule has 66 valence electrons. The molecule has 0 bridgehead atoms. The third-order valence-electron chi connectivity index (χ3n) is 1.59. The van der Waals surface area contributed by atoms with Gasteiger partial charge in [-0.25, -0.2) is 9.97 Å². The summed E-state index contributed by atoms with van der Waals surface area (Å²) in [5.74, 6) is 0. The Morgan fingerprint density at radius 2 is 1.17 bits per heavy atom. The van der Waals surface area contributed by atoms with E-state index in [1.807, 2.05) is 0 Å². The minimum Gasteiger partial charge on any atom is -0.245 e. The van der Waals surface area contributed by atoms with Crippen LogP contribution in [0.15, 0.2) is 21.6 Å². The molecular formula is C8H10Br2N2. The van der Waals surface area contributed by atoms with E-state index < -0.39 is 0 Å². The van der Waals surface area contributed by atoms with Crippen LogP contribution in [0.5, 0.6) is 0 Å². The molecule has 1 aliphatic carbocycles. The Kier molecular flexibility index (Phi) is 4.76. The number of aromatic nitrogens is 2. The van der Waals surface area contributed by atoms with Crippen LogP contribution in [0.3, 0.4) is 0 Å². The number of halogens is 2. The number of nitrogens with zero attached hydrogens (tertiary/aromatic N) is 2. The fourth-order valence-electron chi connectivity index (χ4n) is 0.547. The summed E-state index contributed by atoms with van der Waals surface area (Å²) in [5.41, 5.74) is 0. The molecule has 0 saturated heterocycles. The Hall–Kier alpha value is 0.0400. The lowest BCUT2D eigenvalue weighted by Crippen LogP contribution is -1.85. The maximum Gasteiger partial charge on any atom is 0.124 e. The zero-order valence-electron chi connectivity index (χ0n) is 6.63. The number of rotatable bonds is 0. The Labute approximate surface area is 89.1 Å². The number of hydrogen-bond acceptors (Lipinski definition) is 2. The SMILES string of the molecule is Brc1cnc(Br)cn1.C1CCC1. The molecule has 1 aromatic heterocycles. The minimum absolute atomic E-state index is 0.751. The number of hydrogen-bond donors (Lipinski definition) is 0. The van der Waals surface area contributed by atoms with E-state index in [0.717, 1.165) is 9.21 Å². The third-order valence-corrected chi connectivity index (χ3v) is 2.41. The molecule has 0 aromatic carbocycles. The molecule has 0 spiro atoms. The molecule has 1 aromatic rings. The predicted octanol–water partition coefficient (Wildman–Crippen LogP) is 3.56. The predicted molar refractivity (Wildman–Crippen MR) is 55.9 cm³/mol. The Balaban J connectivity index is 0.000000150. The molecule has 2 nitrogen and oxygen atoms in total. The molecule has 4 heteroatoms. The zero-order chi connectivity index (χ0) is 8.81. The van der Waals surface area contributed by atoms with Crippen LogP contribution in [0.1, 0.15) is 25.7 Å². The van der Waals surface area contributed by atoms with Gasteiger partial charge in [-0.2, -0.15) is 0 Å². The second kappa shape index (κ2) is 5.65. The maximum atomic E-state index is 3.89. The van der Waals surface area contributed by atoms with E-state index in [1.54, 1.807) is 12.4 Å². The van der Waals surface area contributed by atoms with Gasteiger partial charge in [0.25, 0.3) is 0 Å². The van der Waals surface area contributed by atoms with Gasteiger partial charge < -0.3 is 0 Å². The first-order valence-corrected chi connectivity index (χ1v) is 5.50. The standard InChI is InChI=1S/C4H2Br2N2.C4H8/c5-3-1-7-4(6)2-8-3;1-2-4-3-1/h1-2H;1-4H2. The molecule has 12 heavy (non-hydrogen) atoms. The molecule has 1 aliphatic rings. The van der Waals surface area contributed by atoms with Gasteiger partial charge in [0, 0.05) is 0 Å².